The van der Waals surface area contributed by atoms with Crippen LogP contribution >= 0.6 is 27.3 Å². The zero-order chi connectivity index (χ0) is 33.4. The van der Waals surface area contributed by atoms with Gasteiger partial charge in [0.15, 0.2) is 10.8 Å². The normalized spacial score (nSPS) is 21.6. The predicted molar refractivity (Wildman–Crippen MR) is 181 cm³/mol. The van der Waals surface area contributed by atoms with Crippen LogP contribution in [0.25, 0.3) is 0 Å². The molecule has 3 fully saturated rings. The Hall–Kier alpha value is -4.14. The van der Waals surface area contributed by atoms with Crippen molar-refractivity contribution in [2.45, 2.75) is 43.9 Å². The number of hydrogen-bond acceptors (Lipinski definition) is 10. The lowest BCUT2D eigenvalue weighted by Gasteiger charge is -2.38. The van der Waals surface area contributed by atoms with Gasteiger partial charge in [-0.15, -0.1) is 11.3 Å². The third-order valence-electron chi connectivity index (χ3n) is 9.23. The highest BCUT2D eigenvalue weighted by Crippen LogP contribution is 2.37. The van der Waals surface area contributed by atoms with E-state index in [4.69, 9.17) is 14.5 Å². The SMILES string of the molecule is COC(=O)C1=C(CN2CCN3C(=O)N(c4ccc(C(=O)OC5CCCC5)cc4)C[C@@H]3C2)NC(c2nccs2)=N[C@H]1c1ccc(F)cc1Br. The van der Waals surface area contributed by atoms with Gasteiger partial charge in [0.25, 0.3) is 0 Å². The fourth-order valence-electron chi connectivity index (χ4n) is 6.83. The standard InChI is InChI=1S/C34H34BrFN6O5S/c1-46-33(44)28-27(38-30(31-37-12-15-48-31)39-29(28)25-11-8-21(36)16-26(25)35)19-40-13-14-41-23(17-40)18-42(34(41)45)22-9-6-20(7-10-22)32(43)47-24-4-2-3-5-24/h6-12,15-16,23-24,29H,2-5,13-14,17-19H2,1H3,(H,38,39)/t23-,29-/m0/s1. The number of methoxy groups -OCH3 is 1. The second-order valence-corrected chi connectivity index (χ2v) is 14.0. The van der Waals surface area contributed by atoms with E-state index in [9.17, 15) is 18.8 Å². The van der Waals surface area contributed by atoms with E-state index in [0.717, 1.165) is 31.4 Å². The van der Waals surface area contributed by atoms with Gasteiger partial charge >= 0.3 is 18.0 Å². The van der Waals surface area contributed by atoms with Crippen LogP contribution in [0.15, 0.2) is 74.8 Å². The zero-order valence-corrected chi connectivity index (χ0v) is 28.6. The highest BCUT2D eigenvalue weighted by Gasteiger charge is 2.42. The summed E-state index contributed by atoms with van der Waals surface area (Å²) in [6.45, 7) is 2.50. The molecule has 11 nitrogen and oxygen atoms in total. The molecule has 1 N–H and O–H groups in total. The number of piperazine rings is 1. The van der Waals surface area contributed by atoms with E-state index in [2.05, 4.69) is 31.1 Å². The third kappa shape index (κ3) is 6.48. The molecule has 4 aliphatic rings. The molecule has 1 aliphatic carbocycles. The number of amides is 2. The minimum Gasteiger partial charge on any atom is -0.466 e. The average Bonchev–Trinajstić information content (AvgIpc) is 3.87. The van der Waals surface area contributed by atoms with Gasteiger partial charge in [-0.1, -0.05) is 22.0 Å². The molecular formula is C34H34BrFN6O5S. The zero-order valence-electron chi connectivity index (χ0n) is 26.2. The number of amidine groups is 1. The molecule has 3 aromatic rings. The van der Waals surface area contributed by atoms with Gasteiger partial charge in [0.05, 0.1) is 24.3 Å². The summed E-state index contributed by atoms with van der Waals surface area (Å²) in [6.07, 6.45) is 5.65. The summed E-state index contributed by atoms with van der Waals surface area (Å²) in [5.74, 6) is -0.783. The van der Waals surface area contributed by atoms with E-state index < -0.39 is 17.8 Å². The minimum absolute atomic E-state index is 0.0126. The van der Waals surface area contributed by atoms with Crippen LogP contribution in [-0.4, -0.2) is 90.6 Å². The number of thiazole rings is 1. The molecule has 2 saturated heterocycles. The van der Waals surface area contributed by atoms with Crippen molar-refractivity contribution < 1.29 is 28.2 Å². The second kappa shape index (κ2) is 13.8. The second-order valence-electron chi connectivity index (χ2n) is 12.2. The monoisotopic (exact) mass is 736 g/mol. The van der Waals surface area contributed by atoms with Crippen molar-refractivity contribution >= 4 is 56.8 Å². The first-order chi connectivity index (χ1) is 23.3. The van der Waals surface area contributed by atoms with Crippen LogP contribution in [0.2, 0.25) is 0 Å². The molecule has 2 atom stereocenters. The number of carbonyl (C=O) groups is 3. The van der Waals surface area contributed by atoms with Crippen molar-refractivity contribution in [2.24, 2.45) is 4.99 Å². The van der Waals surface area contributed by atoms with Crippen molar-refractivity contribution in [1.29, 1.82) is 0 Å². The van der Waals surface area contributed by atoms with Gasteiger partial charge in [0.2, 0.25) is 0 Å². The highest BCUT2D eigenvalue weighted by atomic mass is 79.9. The lowest BCUT2D eigenvalue weighted by atomic mass is 9.95. The maximum Gasteiger partial charge on any atom is 0.338 e. The van der Waals surface area contributed by atoms with E-state index in [-0.39, 0.29) is 24.1 Å². The van der Waals surface area contributed by atoms with Gasteiger partial charge in [-0.25, -0.2) is 23.8 Å². The number of anilines is 1. The summed E-state index contributed by atoms with van der Waals surface area (Å²) in [5.41, 5.74) is 2.74. The Kier molecular flexibility index (Phi) is 9.30. The van der Waals surface area contributed by atoms with Crippen LogP contribution in [-0.2, 0) is 14.3 Å². The molecule has 0 spiro atoms. The molecule has 2 amide bonds. The number of fused-ring (bicyclic) bond motifs is 1. The van der Waals surface area contributed by atoms with Gasteiger partial charge in [0.1, 0.15) is 18.0 Å². The summed E-state index contributed by atoms with van der Waals surface area (Å²) < 4.78 is 25.4. The van der Waals surface area contributed by atoms with E-state index in [1.165, 1.54) is 30.6 Å². The van der Waals surface area contributed by atoms with Crippen LogP contribution in [0.1, 0.15) is 52.7 Å². The number of aliphatic imine (C=N–C) groups is 1. The topological polar surface area (TPSA) is 117 Å². The number of halogens is 2. The number of benzene rings is 2. The van der Waals surface area contributed by atoms with Gasteiger partial charge in [0, 0.05) is 60.2 Å². The minimum atomic E-state index is -0.772. The van der Waals surface area contributed by atoms with Crippen molar-refractivity contribution in [3.05, 3.63) is 91.7 Å². The molecule has 14 heteroatoms. The summed E-state index contributed by atoms with van der Waals surface area (Å²) in [4.78, 5) is 54.6. The summed E-state index contributed by atoms with van der Waals surface area (Å²) in [5, 5.41) is 5.85. The van der Waals surface area contributed by atoms with Gasteiger partial charge in [-0.3, -0.25) is 14.8 Å². The lowest BCUT2D eigenvalue weighted by molar-refractivity contribution is -0.136. The van der Waals surface area contributed by atoms with Crippen LogP contribution in [0.3, 0.4) is 0 Å². The number of nitrogens with one attached hydrogen (secondary N) is 1. The number of ether oxygens (including phenoxy) is 2. The van der Waals surface area contributed by atoms with Crippen LogP contribution in [0.4, 0.5) is 14.9 Å². The number of aromatic nitrogens is 1. The molecule has 0 bridgehead atoms. The molecule has 4 heterocycles. The molecule has 48 heavy (non-hydrogen) atoms. The first-order valence-corrected chi connectivity index (χ1v) is 17.6. The maximum absolute atomic E-state index is 14.1. The Balaban J connectivity index is 1.10. The van der Waals surface area contributed by atoms with Crippen molar-refractivity contribution in [1.82, 2.24) is 20.1 Å². The number of esters is 2. The quantitative estimate of drug-likeness (QED) is 0.311. The maximum atomic E-state index is 14.1. The molecular weight excluding hydrogens is 703 g/mol. The fraction of sp³-hybridized carbons (Fsp3) is 0.382. The summed E-state index contributed by atoms with van der Waals surface area (Å²) in [6, 6.07) is 10.4. The fourth-order valence-corrected chi connectivity index (χ4v) is 7.98. The molecule has 1 aromatic heterocycles. The molecule has 3 aliphatic heterocycles. The smallest absolute Gasteiger partial charge is 0.338 e. The summed E-state index contributed by atoms with van der Waals surface area (Å²) >= 11 is 4.88. The number of urea groups is 1. The predicted octanol–water partition coefficient (Wildman–Crippen LogP) is 5.29. The molecule has 0 radical (unpaired) electrons. The van der Waals surface area contributed by atoms with Crippen LogP contribution in [0, 0.1) is 5.82 Å². The summed E-state index contributed by atoms with van der Waals surface area (Å²) in [7, 11) is 1.33. The largest absolute Gasteiger partial charge is 0.466 e. The highest BCUT2D eigenvalue weighted by molar-refractivity contribution is 9.10. The molecule has 2 aromatic carbocycles. The van der Waals surface area contributed by atoms with E-state index >= 15 is 0 Å². The Morgan fingerprint density at radius 3 is 2.58 bits per heavy atom. The number of nitrogens with zero attached hydrogens (tertiary/aromatic N) is 5. The molecule has 1 saturated carbocycles. The van der Waals surface area contributed by atoms with Crippen molar-refractivity contribution in [2.75, 3.05) is 44.7 Å². The Morgan fingerprint density at radius 2 is 1.88 bits per heavy atom. The Morgan fingerprint density at radius 1 is 1.08 bits per heavy atom. The Bertz CT molecular complexity index is 1780. The van der Waals surface area contributed by atoms with Crippen molar-refractivity contribution in [3.63, 3.8) is 0 Å². The van der Waals surface area contributed by atoms with Crippen LogP contribution < -0.4 is 10.2 Å². The van der Waals surface area contributed by atoms with E-state index in [0.29, 0.717) is 70.4 Å². The van der Waals surface area contributed by atoms with Gasteiger partial charge in [-0.05, 0) is 67.6 Å². The van der Waals surface area contributed by atoms with E-state index in [1.54, 1.807) is 41.4 Å². The van der Waals surface area contributed by atoms with Crippen LogP contribution in [0.5, 0.6) is 0 Å². The Labute approximate surface area is 289 Å². The number of hydrogen-bond donors (Lipinski definition) is 1. The van der Waals surface area contributed by atoms with Crippen molar-refractivity contribution in [3.8, 4) is 0 Å². The average molecular weight is 738 g/mol. The number of carbonyl (C=O) groups excluding carboxylic acids is 3. The molecule has 250 valence electrons. The number of rotatable bonds is 8. The first kappa shape index (κ1) is 32.4. The lowest BCUT2D eigenvalue weighted by Crippen LogP contribution is -2.53. The third-order valence-corrected chi connectivity index (χ3v) is 10.7. The first-order valence-electron chi connectivity index (χ1n) is 15.9. The van der Waals surface area contributed by atoms with Gasteiger partial charge in [-0.2, -0.15) is 0 Å². The molecule has 7 rings (SSSR count). The molecule has 0 unspecified atom stereocenters. The van der Waals surface area contributed by atoms with Gasteiger partial charge < -0.3 is 19.7 Å². The van der Waals surface area contributed by atoms with E-state index in [1.807, 2.05) is 10.3 Å².